The number of aromatic nitrogens is 2. The third-order valence-corrected chi connectivity index (χ3v) is 4.07. The highest BCUT2D eigenvalue weighted by Crippen LogP contribution is 2.23. The van der Waals surface area contributed by atoms with E-state index >= 15 is 0 Å². The number of hydrogen-bond acceptors (Lipinski definition) is 4. The van der Waals surface area contributed by atoms with Gasteiger partial charge in [-0.1, -0.05) is 29.3 Å². The molecular formula is C14H16BrN3S. The first-order valence-corrected chi connectivity index (χ1v) is 7.96. The van der Waals surface area contributed by atoms with E-state index in [9.17, 15) is 0 Å². The number of aryl methyl sites for hydroxylation is 1. The summed E-state index contributed by atoms with van der Waals surface area (Å²) in [6.07, 6.45) is 2.01. The largest absolute Gasteiger partial charge is 0.384 e. The molecule has 0 unspecified atom stereocenters. The Kier molecular flexibility index (Phi) is 5.22. The first kappa shape index (κ1) is 14.3. The molecule has 0 bridgehead atoms. The third-order valence-electron chi connectivity index (χ3n) is 2.53. The third kappa shape index (κ3) is 4.51. The Morgan fingerprint density at radius 1 is 1.21 bits per heavy atom. The second-order valence-electron chi connectivity index (χ2n) is 4.19. The first-order chi connectivity index (χ1) is 9.17. The van der Waals surface area contributed by atoms with Crippen LogP contribution in [0.25, 0.3) is 0 Å². The van der Waals surface area contributed by atoms with Crippen molar-refractivity contribution in [3.05, 3.63) is 46.3 Å². The van der Waals surface area contributed by atoms with Crippen molar-refractivity contribution in [2.24, 2.45) is 0 Å². The Balaban J connectivity index is 2.04. The van der Waals surface area contributed by atoms with Gasteiger partial charge < -0.3 is 5.73 Å². The molecule has 5 heteroatoms. The number of nitrogen functional groups attached to an aromatic ring is 1. The minimum atomic E-state index is 0.560. The van der Waals surface area contributed by atoms with Gasteiger partial charge in [0.05, 0.1) is 5.75 Å². The van der Waals surface area contributed by atoms with Gasteiger partial charge in [-0.15, -0.1) is 11.8 Å². The van der Waals surface area contributed by atoms with Crippen molar-refractivity contribution in [1.82, 2.24) is 9.97 Å². The minimum Gasteiger partial charge on any atom is -0.384 e. The second kappa shape index (κ2) is 6.91. The minimum absolute atomic E-state index is 0.560. The lowest BCUT2D eigenvalue weighted by Gasteiger charge is -2.05. The molecule has 1 heterocycles. The van der Waals surface area contributed by atoms with Crippen LogP contribution < -0.4 is 5.73 Å². The number of anilines is 1. The van der Waals surface area contributed by atoms with Crippen LogP contribution >= 0.6 is 27.7 Å². The summed E-state index contributed by atoms with van der Waals surface area (Å²) >= 11 is 5.14. The number of halogens is 1. The summed E-state index contributed by atoms with van der Waals surface area (Å²) in [5, 5.41) is 0. The molecule has 100 valence electrons. The fourth-order valence-corrected chi connectivity index (χ4v) is 2.72. The number of nitrogens with zero attached hydrogens (tertiary/aromatic N) is 2. The molecule has 3 nitrogen and oxygen atoms in total. The highest BCUT2D eigenvalue weighted by molar-refractivity contribution is 9.10. The molecule has 19 heavy (non-hydrogen) atoms. The predicted octanol–water partition coefficient (Wildman–Crippen LogP) is 4.07. The summed E-state index contributed by atoms with van der Waals surface area (Å²) in [5.41, 5.74) is 6.84. The van der Waals surface area contributed by atoms with E-state index in [-0.39, 0.29) is 0 Å². The van der Waals surface area contributed by atoms with Gasteiger partial charge in [-0.3, -0.25) is 0 Å². The Labute approximate surface area is 126 Å². The average molecular weight is 338 g/mol. The van der Waals surface area contributed by atoms with Gasteiger partial charge in [-0.2, -0.15) is 0 Å². The van der Waals surface area contributed by atoms with E-state index in [4.69, 9.17) is 5.73 Å². The Bertz CT molecular complexity index is 543. The molecule has 0 fully saturated rings. The highest BCUT2D eigenvalue weighted by Gasteiger charge is 2.03. The van der Waals surface area contributed by atoms with Crippen LogP contribution in [0, 0.1) is 0 Å². The first-order valence-electron chi connectivity index (χ1n) is 6.18. The van der Waals surface area contributed by atoms with Crippen LogP contribution in [0.1, 0.15) is 24.9 Å². The average Bonchev–Trinajstić information content (AvgIpc) is 2.38. The van der Waals surface area contributed by atoms with E-state index in [2.05, 4.69) is 45.0 Å². The molecule has 0 amide bonds. The van der Waals surface area contributed by atoms with Crippen LogP contribution in [0.3, 0.4) is 0 Å². The van der Waals surface area contributed by atoms with E-state index in [0.29, 0.717) is 5.82 Å². The summed E-state index contributed by atoms with van der Waals surface area (Å²) in [7, 11) is 0. The van der Waals surface area contributed by atoms with Crippen LogP contribution in [-0.2, 0) is 12.2 Å². The summed E-state index contributed by atoms with van der Waals surface area (Å²) in [5.74, 6) is 2.10. The molecule has 0 aliphatic carbocycles. The maximum atomic E-state index is 5.81. The number of benzene rings is 1. The molecule has 0 aliphatic rings. The van der Waals surface area contributed by atoms with Gasteiger partial charge in [-0.25, -0.2) is 9.97 Å². The standard InChI is InChI=1S/C14H16BrN3S/c1-2-3-11-8-13(16)18-14(17-11)9-19-12-6-4-10(15)5-7-12/h4-8H,2-3,9H2,1H3,(H2,16,17,18). The van der Waals surface area contributed by atoms with Gasteiger partial charge in [0.1, 0.15) is 11.6 Å². The van der Waals surface area contributed by atoms with E-state index < -0.39 is 0 Å². The Morgan fingerprint density at radius 3 is 2.63 bits per heavy atom. The van der Waals surface area contributed by atoms with Gasteiger partial charge >= 0.3 is 0 Å². The smallest absolute Gasteiger partial charge is 0.141 e. The molecule has 0 aliphatic heterocycles. The van der Waals surface area contributed by atoms with Crippen LogP contribution in [0.15, 0.2) is 39.7 Å². The zero-order chi connectivity index (χ0) is 13.7. The van der Waals surface area contributed by atoms with Gasteiger partial charge in [-0.05, 0) is 30.7 Å². The predicted molar refractivity (Wildman–Crippen MR) is 84.1 cm³/mol. The summed E-state index contributed by atoms with van der Waals surface area (Å²) in [4.78, 5) is 10.0. The summed E-state index contributed by atoms with van der Waals surface area (Å²) in [6.45, 7) is 2.13. The molecule has 1 aromatic heterocycles. The summed E-state index contributed by atoms with van der Waals surface area (Å²) < 4.78 is 1.09. The van der Waals surface area contributed by atoms with Crippen molar-refractivity contribution in [3.8, 4) is 0 Å². The molecule has 0 atom stereocenters. The van der Waals surface area contributed by atoms with E-state index in [1.807, 2.05) is 18.2 Å². The second-order valence-corrected chi connectivity index (χ2v) is 6.16. The zero-order valence-electron chi connectivity index (χ0n) is 10.8. The molecule has 2 rings (SSSR count). The van der Waals surface area contributed by atoms with Crippen molar-refractivity contribution >= 4 is 33.5 Å². The number of rotatable bonds is 5. The molecular weight excluding hydrogens is 322 g/mol. The normalized spacial score (nSPS) is 10.6. The monoisotopic (exact) mass is 337 g/mol. The van der Waals surface area contributed by atoms with Gasteiger partial charge in [0.15, 0.2) is 0 Å². The van der Waals surface area contributed by atoms with Crippen molar-refractivity contribution in [2.45, 2.75) is 30.4 Å². The molecule has 0 saturated carbocycles. The quantitative estimate of drug-likeness (QED) is 0.835. The fourth-order valence-electron chi connectivity index (χ4n) is 1.70. The van der Waals surface area contributed by atoms with Gasteiger partial charge in [0.25, 0.3) is 0 Å². The zero-order valence-corrected chi connectivity index (χ0v) is 13.2. The maximum Gasteiger partial charge on any atom is 0.141 e. The summed E-state index contributed by atoms with van der Waals surface area (Å²) in [6, 6.07) is 10.1. The lowest BCUT2D eigenvalue weighted by atomic mass is 10.2. The van der Waals surface area contributed by atoms with E-state index in [1.54, 1.807) is 11.8 Å². The Morgan fingerprint density at radius 2 is 1.95 bits per heavy atom. The van der Waals surface area contributed by atoms with Crippen LogP contribution in [0.4, 0.5) is 5.82 Å². The van der Waals surface area contributed by atoms with Crippen molar-refractivity contribution in [2.75, 3.05) is 5.73 Å². The van der Waals surface area contributed by atoms with E-state index in [0.717, 1.165) is 34.6 Å². The van der Waals surface area contributed by atoms with Crippen molar-refractivity contribution in [3.63, 3.8) is 0 Å². The molecule has 0 radical (unpaired) electrons. The van der Waals surface area contributed by atoms with Crippen LogP contribution in [0.2, 0.25) is 0 Å². The number of hydrogen-bond donors (Lipinski definition) is 1. The SMILES string of the molecule is CCCc1cc(N)nc(CSc2ccc(Br)cc2)n1. The highest BCUT2D eigenvalue weighted by atomic mass is 79.9. The van der Waals surface area contributed by atoms with E-state index in [1.165, 1.54) is 4.90 Å². The topological polar surface area (TPSA) is 51.8 Å². The molecule has 0 saturated heterocycles. The molecule has 1 aromatic carbocycles. The van der Waals surface area contributed by atoms with Gasteiger partial charge in [0.2, 0.25) is 0 Å². The number of nitrogens with two attached hydrogens (primary N) is 1. The van der Waals surface area contributed by atoms with Crippen LogP contribution in [0.5, 0.6) is 0 Å². The molecule has 2 N–H and O–H groups in total. The van der Waals surface area contributed by atoms with Crippen LogP contribution in [-0.4, -0.2) is 9.97 Å². The lowest BCUT2D eigenvalue weighted by molar-refractivity contribution is 0.856. The molecule has 0 spiro atoms. The Hall–Kier alpha value is -1.07. The maximum absolute atomic E-state index is 5.81. The fraction of sp³-hybridized carbons (Fsp3) is 0.286. The number of thioether (sulfide) groups is 1. The van der Waals surface area contributed by atoms with Gasteiger partial charge in [0, 0.05) is 21.1 Å². The van der Waals surface area contributed by atoms with Crippen molar-refractivity contribution in [1.29, 1.82) is 0 Å². The van der Waals surface area contributed by atoms with Crippen molar-refractivity contribution < 1.29 is 0 Å². The lowest BCUT2D eigenvalue weighted by Crippen LogP contribution is -2.02. The molecule has 2 aromatic rings.